The maximum absolute atomic E-state index is 12.1. The van der Waals surface area contributed by atoms with Crippen LogP contribution >= 0.6 is 0 Å². The van der Waals surface area contributed by atoms with E-state index in [1.807, 2.05) is 31.2 Å². The molecule has 3 aromatic rings. The SMILES string of the molecule is CCCCOC(=O)c1ccc(Nc2cc(C)nc3ccc(C(=O)OCC)cc23)cc1. The van der Waals surface area contributed by atoms with Gasteiger partial charge in [0.25, 0.3) is 0 Å². The average molecular weight is 406 g/mol. The minimum absolute atomic E-state index is 0.320. The van der Waals surface area contributed by atoms with Gasteiger partial charge in [-0.2, -0.15) is 0 Å². The van der Waals surface area contributed by atoms with Crippen molar-refractivity contribution in [2.24, 2.45) is 0 Å². The first kappa shape index (κ1) is 21.3. The molecule has 2 aromatic carbocycles. The van der Waals surface area contributed by atoms with Crippen molar-refractivity contribution < 1.29 is 19.1 Å². The number of hydrogen-bond acceptors (Lipinski definition) is 6. The number of nitrogens with one attached hydrogen (secondary N) is 1. The summed E-state index contributed by atoms with van der Waals surface area (Å²) in [6, 6.07) is 14.4. The molecular weight excluding hydrogens is 380 g/mol. The molecule has 6 heteroatoms. The van der Waals surface area contributed by atoms with Gasteiger partial charge in [0.2, 0.25) is 0 Å². The van der Waals surface area contributed by atoms with Crippen LogP contribution in [0.5, 0.6) is 0 Å². The number of anilines is 2. The van der Waals surface area contributed by atoms with E-state index in [9.17, 15) is 9.59 Å². The van der Waals surface area contributed by atoms with E-state index in [4.69, 9.17) is 9.47 Å². The van der Waals surface area contributed by atoms with Gasteiger partial charge >= 0.3 is 11.9 Å². The highest BCUT2D eigenvalue weighted by Gasteiger charge is 2.12. The monoisotopic (exact) mass is 406 g/mol. The summed E-state index contributed by atoms with van der Waals surface area (Å²) in [6.07, 6.45) is 1.83. The van der Waals surface area contributed by atoms with E-state index in [1.54, 1.807) is 31.2 Å². The van der Waals surface area contributed by atoms with Gasteiger partial charge < -0.3 is 14.8 Å². The summed E-state index contributed by atoms with van der Waals surface area (Å²) in [5, 5.41) is 4.17. The number of aryl methyl sites for hydroxylation is 1. The Morgan fingerprint density at radius 1 is 0.933 bits per heavy atom. The lowest BCUT2D eigenvalue weighted by molar-refractivity contribution is 0.0497. The second kappa shape index (κ2) is 9.87. The molecule has 0 fully saturated rings. The summed E-state index contributed by atoms with van der Waals surface area (Å²) >= 11 is 0. The number of hydrogen-bond donors (Lipinski definition) is 1. The van der Waals surface area contributed by atoms with Crippen LogP contribution in [0.15, 0.2) is 48.5 Å². The third-order valence-electron chi connectivity index (χ3n) is 4.58. The Morgan fingerprint density at radius 3 is 2.33 bits per heavy atom. The van der Waals surface area contributed by atoms with Gasteiger partial charge in [-0.25, -0.2) is 9.59 Å². The molecule has 0 unspecified atom stereocenters. The predicted molar refractivity (Wildman–Crippen MR) is 117 cm³/mol. The molecule has 0 aliphatic rings. The molecule has 1 aromatic heterocycles. The van der Waals surface area contributed by atoms with Crippen molar-refractivity contribution in [1.29, 1.82) is 0 Å². The first-order valence-corrected chi connectivity index (χ1v) is 10.1. The van der Waals surface area contributed by atoms with Gasteiger partial charge in [0.05, 0.1) is 29.9 Å². The van der Waals surface area contributed by atoms with E-state index < -0.39 is 0 Å². The Balaban J connectivity index is 1.84. The number of carbonyl (C=O) groups is 2. The van der Waals surface area contributed by atoms with E-state index in [0.717, 1.165) is 40.8 Å². The Hall–Kier alpha value is -3.41. The second-order valence-electron chi connectivity index (χ2n) is 6.96. The zero-order valence-corrected chi connectivity index (χ0v) is 17.5. The van der Waals surface area contributed by atoms with E-state index in [2.05, 4.69) is 17.2 Å². The molecule has 0 spiro atoms. The largest absolute Gasteiger partial charge is 0.462 e. The summed E-state index contributed by atoms with van der Waals surface area (Å²) in [5.74, 6) is -0.684. The van der Waals surface area contributed by atoms with Crippen LogP contribution in [0.25, 0.3) is 10.9 Å². The Morgan fingerprint density at radius 2 is 1.63 bits per heavy atom. The molecule has 0 amide bonds. The highest BCUT2D eigenvalue weighted by atomic mass is 16.5. The molecule has 6 nitrogen and oxygen atoms in total. The minimum Gasteiger partial charge on any atom is -0.462 e. The standard InChI is InChI=1S/C24H26N2O4/c1-4-6-13-30-23(27)17-7-10-19(11-8-17)26-22-14-16(3)25-21-12-9-18(15-20(21)22)24(28)29-5-2/h7-12,14-15H,4-6,13H2,1-3H3,(H,25,26). The topological polar surface area (TPSA) is 77.5 Å². The minimum atomic E-state index is -0.364. The van der Waals surface area contributed by atoms with Gasteiger partial charge in [-0.15, -0.1) is 0 Å². The fourth-order valence-corrected chi connectivity index (χ4v) is 3.04. The number of benzene rings is 2. The molecule has 3 rings (SSSR count). The zero-order valence-electron chi connectivity index (χ0n) is 17.5. The lowest BCUT2D eigenvalue weighted by Gasteiger charge is -2.12. The van der Waals surface area contributed by atoms with E-state index >= 15 is 0 Å². The molecule has 0 radical (unpaired) electrons. The van der Waals surface area contributed by atoms with Gasteiger partial charge in [0.15, 0.2) is 0 Å². The van der Waals surface area contributed by atoms with Crippen LogP contribution in [0.3, 0.4) is 0 Å². The number of pyridine rings is 1. The second-order valence-corrected chi connectivity index (χ2v) is 6.96. The third-order valence-corrected chi connectivity index (χ3v) is 4.58. The van der Waals surface area contributed by atoms with Crippen LogP contribution < -0.4 is 5.32 Å². The lowest BCUT2D eigenvalue weighted by Crippen LogP contribution is -2.06. The zero-order chi connectivity index (χ0) is 21.5. The lowest BCUT2D eigenvalue weighted by atomic mass is 10.1. The molecule has 0 aliphatic carbocycles. The molecule has 1 heterocycles. The predicted octanol–water partition coefficient (Wildman–Crippen LogP) is 5.42. The number of ether oxygens (including phenoxy) is 2. The van der Waals surface area contributed by atoms with Crippen LogP contribution in [-0.2, 0) is 9.47 Å². The van der Waals surface area contributed by atoms with Gasteiger partial charge in [-0.1, -0.05) is 13.3 Å². The summed E-state index contributed by atoms with van der Waals surface area (Å²) in [5.41, 5.74) is 4.25. The number of carbonyl (C=O) groups excluding carboxylic acids is 2. The molecular formula is C24H26N2O4. The van der Waals surface area contributed by atoms with Gasteiger partial charge in [-0.3, -0.25) is 4.98 Å². The summed E-state index contributed by atoms with van der Waals surface area (Å²) < 4.78 is 10.3. The molecule has 30 heavy (non-hydrogen) atoms. The van der Waals surface area contributed by atoms with Crippen molar-refractivity contribution >= 4 is 34.2 Å². The summed E-state index contributed by atoms with van der Waals surface area (Å²) in [6.45, 7) is 6.50. The third kappa shape index (κ3) is 5.14. The van der Waals surface area contributed by atoms with E-state index in [0.29, 0.717) is 24.3 Å². The number of aromatic nitrogens is 1. The van der Waals surface area contributed by atoms with E-state index in [-0.39, 0.29) is 11.9 Å². The Labute approximate surface area is 176 Å². The van der Waals surface area contributed by atoms with Crippen LogP contribution in [-0.4, -0.2) is 30.1 Å². The van der Waals surface area contributed by atoms with Crippen molar-refractivity contribution in [3.05, 3.63) is 65.4 Å². The quantitative estimate of drug-likeness (QED) is 0.397. The molecule has 0 saturated heterocycles. The molecule has 1 N–H and O–H groups in total. The molecule has 0 bridgehead atoms. The molecule has 156 valence electrons. The van der Waals surface area contributed by atoms with Crippen molar-refractivity contribution in [3.63, 3.8) is 0 Å². The van der Waals surface area contributed by atoms with Crippen molar-refractivity contribution in [2.75, 3.05) is 18.5 Å². The van der Waals surface area contributed by atoms with Gasteiger partial charge in [-0.05, 0) is 68.8 Å². The number of nitrogens with zero attached hydrogens (tertiary/aromatic N) is 1. The van der Waals surface area contributed by atoms with Gasteiger partial charge in [0, 0.05) is 22.5 Å². The Bertz CT molecular complexity index is 1050. The fraction of sp³-hybridized carbons (Fsp3) is 0.292. The highest BCUT2D eigenvalue weighted by molar-refractivity contribution is 6.00. The molecule has 0 saturated carbocycles. The maximum Gasteiger partial charge on any atom is 0.338 e. The Kier molecular flexibility index (Phi) is 7.01. The van der Waals surface area contributed by atoms with Crippen molar-refractivity contribution in [3.8, 4) is 0 Å². The number of esters is 2. The molecule has 0 atom stereocenters. The normalized spacial score (nSPS) is 10.6. The summed E-state index contributed by atoms with van der Waals surface area (Å²) in [4.78, 5) is 28.7. The highest BCUT2D eigenvalue weighted by Crippen LogP contribution is 2.28. The van der Waals surface area contributed by atoms with Crippen LogP contribution in [0.1, 0.15) is 53.1 Å². The average Bonchev–Trinajstić information content (AvgIpc) is 2.74. The first-order valence-electron chi connectivity index (χ1n) is 10.1. The van der Waals surface area contributed by atoms with Crippen LogP contribution in [0.2, 0.25) is 0 Å². The van der Waals surface area contributed by atoms with Crippen LogP contribution in [0, 0.1) is 6.92 Å². The maximum atomic E-state index is 12.1. The number of fused-ring (bicyclic) bond motifs is 1. The first-order chi connectivity index (χ1) is 14.5. The summed E-state index contributed by atoms with van der Waals surface area (Å²) in [7, 11) is 0. The molecule has 0 aliphatic heterocycles. The number of rotatable bonds is 8. The van der Waals surface area contributed by atoms with Crippen LogP contribution in [0.4, 0.5) is 11.4 Å². The van der Waals surface area contributed by atoms with E-state index in [1.165, 1.54) is 0 Å². The van der Waals surface area contributed by atoms with Crippen molar-refractivity contribution in [1.82, 2.24) is 4.98 Å². The fourth-order valence-electron chi connectivity index (χ4n) is 3.04. The smallest absolute Gasteiger partial charge is 0.338 e. The van der Waals surface area contributed by atoms with Gasteiger partial charge in [0.1, 0.15) is 0 Å². The van der Waals surface area contributed by atoms with Crippen molar-refractivity contribution in [2.45, 2.75) is 33.6 Å². The number of unbranched alkanes of at least 4 members (excludes halogenated alkanes) is 1.